The van der Waals surface area contributed by atoms with Crippen molar-refractivity contribution in [2.75, 3.05) is 0 Å². The van der Waals surface area contributed by atoms with E-state index in [9.17, 15) is 0 Å². The first-order chi connectivity index (χ1) is 14.3. The van der Waals surface area contributed by atoms with Gasteiger partial charge in [0.15, 0.2) is 0 Å². The fraction of sp³-hybridized carbons (Fsp3) is 0.786. The van der Waals surface area contributed by atoms with Crippen molar-refractivity contribution >= 4 is 12.6 Å². The van der Waals surface area contributed by atoms with E-state index in [1.165, 1.54) is 140 Å². The van der Waals surface area contributed by atoms with Gasteiger partial charge in [0.2, 0.25) is 0 Å². The molecule has 0 atom stereocenters. The van der Waals surface area contributed by atoms with Gasteiger partial charge in [-0.3, -0.25) is 0 Å². The van der Waals surface area contributed by atoms with E-state index in [1.807, 2.05) is 0 Å². The van der Waals surface area contributed by atoms with Gasteiger partial charge >= 0.3 is 0 Å². The summed E-state index contributed by atoms with van der Waals surface area (Å²) < 4.78 is 0. The van der Waals surface area contributed by atoms with Crippen LogP contribution in [-0.4, -0.2) is 0 Å². The first-order valence-electron chi connectivity index (χ1n) is 13.1. The molecule has 0 aliphatic rings. The molecule has 29 heavy (non-hydrogen) atoms. The molecule has 0 spiro atoms. The molecule has 0 saturated carbocycles. The average molecular weight is 419 g/mol. The van der Waals surface area contributed by atoms with Gasteiger partial charge in [-0.05, 0) is 30.5 Å². The molecule has 0 N–H and O–H groups in total. The number of unbranched alkanes of at least 4 members (excludes halogenated alkanes) is 19. The van der Waals surface area contributed by atoms with Crippen molar-refractivity contribution in [2.24, 2.45) is 0 Å². The van der Waals surface area contributed by atoms with E-state index in [2.05, 4.69) is 43.8 Å². The molecule has 0 aromatic heterocycles. The molecule has 0 amide bonds. The van der Waals surface area contributed by atoms with E-state index in [0.29, 0.717) is 0 Å². The van der Waals surface area contributed by atoms with Crippen molar-refractivity contribution in [3.05, 3.63) is 29.8 Å². The molecule has 0 unspecified atom stereocenters. The summed E-state index contributed by atoms with van der Waals surface area (Å²) >= 11 is 4.35. The summed E-state index contributed by atoms with van der Waals surface area (Å²) in [5.41, 5.74) is 1.46. The monoisotopic (exact) mass is 418 g/mol. The standard InChI is InChI=1S/C28H50S/c1-2-3-4-5-6-7-8-9-10-11-12-13-14-15-16-17-18-19-20-21-22-27-23-25-28(29)26-24-27/h23-26,29H,2-22H2,1H3. The molecule has 1 rings (SSSR count). The van der Waals surface area contributed by atoms with Crippen LogP contribution in [0.5, 0.6) is 0 Å². The van der Waals surface area contributed by atoms with Crippen LogP contribution in [0.15, 0.2) is 29.2 Å². The van der Waals surface area contributed by atoms with Gasteiger partial charge < -0.3 is 0 Å². The molecule has 1 aromatic carbocycles. The van der Waals surface area contributed by atoms with Crippen LogP contribution in [0.2, 0.25) is 0 Å². The maximum atomic E-state index is 4.35. The zero-order chi connectivity index (χ0) is 20.8. The minimum absolute atomic E-state index is 1.07. The molecule has 168 valence electrons. The SMILES string of the molecule is CCCCCCCCCCCCCCCCCCCCCCc1ccc(S)cc1. The van der Waals surface area contributed by atoms with Gasteiger partial charge in [0.1, 0.15) is 0 Å². The maximum Gasteiger partial charge on any atom is 0.00401 e. The van der Waals surface area contributed by atoms with Crippen LogP contribution in [0.4, 0.5) is 0 Å². The van der Waals surface area contributed by atoms with E-state index < -0.39 is 0 Å². The molecule has 0 nitrogen and oxygen atoms in total. The molecule has 0 aliphatic carbocycles. The number of benzene rings is 1. The summed E-state index contributed by atoms with van der Waals surface area (Å²) in [6.45, 7) is 2.30. The van der Waals surface area contributed by atoms with Gasteiger partial charge in [0.25, 0.3) is 0 Å². The third-order valence-electron chi connectivity index (χ3n) is 6.26. The minimum atomic E-state index is 1.07. The fourth-order valence-electron chi connectivity index (χ4n) is 4.25. The lowest BCUT2D eigenvalue weighted by Crippen LogP contribution is -1.86. The second-order valence-electron chi connectivity index (χ2n) is 9.13. The Bertz CT molecular complexity index is 436. The largest absolute Gasteiger partial charge is 0.143 e. The molecule has 0 radical (unpaired) electrons. The molecule has 1 aromatic rings. The van der Waals surface area contributed by atoms with Crippen molar-refractivity contribution in [1.82, 2.24) is 0 Å². The Labute approximate surface area is 189 Å². The lowest BCUT2D eigenvalue weighted by Gasteiger charge is -2.04. The van der Waals surface area contributed by atoms with Crippen LogP contribution in [-0.2, 0) is 6.42 Å². The molecule has 1 heteroatoms. The Morgan fingerprint density at radius 3 is 1.10 bits per heavy atom. The lowest BCUT2D eigenvalue weighted by atomic mass is 10.0. The summed E-state index contributed by atoms with van der Waals surface area (Å²) in [7, 11) is 0. The Kier molecular flexibility index (Phi) is 19.1. The van der Waals surface area contributed by atoms with Gasteiger partial charge in [0.05, 0.1) is 0 Å². The maximum absolute atomic E-state index is 4.35. The summed E-state index contributed by atoms with van der Waals surface area (Å²) in [6.07, 6.45) is 30.2. The van der Waals surface area contributed by atoms with Crippen LogP contribution in [0, 0.1) is 0 Å². The molecule has 0 aliphatic heterocycles. The Balaban J connectivity index is 1.69. The Hall–Kier alpha value is -0.430. The summed E-state index contributed by atoms with van der Waals surface area (Å²) in [6, 6.07) is 8.65. The van der Waals surface area contributed by atoms with Crippen LogP contribution < -0.4 is 0 Å². The van der Waals surface area contributed by atoms with Crippen molar-refractivity contribution in [2.45, 2.75) is 147 Å². The number of thiol groups is 1. The summed E-state index contributed by atoms with van der Waals surface area (Å²) in [5, 5.41) is 0. The van der Waals surface area contributed by atoms with Crippen molar-refractivity contribution < 1.29 is 0 Å². The second-order valence-corrected chi connectivity index (χ2v) is 9.65. The Morgan fingerprint density at radius 2 is 0.759 bits per heavy atom. The topological polar surface area (TPSA) is 0 Å². The van der Waals surface area contributed by atoms with E-state index in [1.54, 1.807) is 0 Å². The van der Waals surface area contributed by atoms with Crippen LogP contribution >= 0.6 is 12.6 Å². The van der Waals surface area contributed by atoms with Crippen LogP contribution in [0.25, 0.3) is 0 Å². The lowest BCUT2D eigenvalue weighted by molar-refractivity contribution is 0.521. The predicted octanol–water partition coefficient (Wildman–Crippen LogP) is 10.3. The Morgan fingerprint density at radius 1 is 0.448 bits per heavy atom. The number of hydrogen-bond acceptors (Lipinski definition) is 1. The third kappa shape index (κ3) is 18.1. The van der Waals surface area contributed by atoms with E-state index in [-0.39, 0.29) is 0 Å². The molecule has 0 fully saturated rings. The second kappa shape index (κ2) is 20.8. The number of hydrogen-bond donors (Lipinski definition) is 1. The zero-order valence-electron chi connectivity index (χ0n) is 19.6. The smallest absolute Gasteiger partial charge is 0.00401 e. The van der Waals surface area contributed by atoms with Gasteiger partial charge in [-0.15, -0.1) is 12.6 Å². The van der Waals surface area contributed by atoms with Gasteiger partial charge in [0, 0.05) is 4.90 Å². The van der Waals surface area contributed by atoms with Gasteiger partial charge in [-0.2, -0.15) is 0 Å². The van der Waals surface area contributed by atoms with E-state index >= 15 is 0 Å². The van der Waals surface area contributed by atoms with Crippen molar-refractivity contribution in [1.29, 1.82) is 0 Å². The van der Waals surface area contributed by atoms with Crippen LogP contribution in [0.3, 0.4) is 0 Å². The predicted molar refractivity (Wildman–Crippen MR) is 135 cm³/mol. The first-order valence-corrected chi connectivity index (χ1v) is 13.6. The summed E-state index contributed by atoms with van der Waals surface area (Å²) in [5.74, 6) is 0. The van der Waals surface area contributed by atoms with Gasteiger partial charge in [-0.25, -0.2) is 0 Å². The van der Waals surface area contributed by atoms with E-state index in [4.69, 9.17) is 0 Å². The average Bonchev–Trinajstić information content (AvgIpc) is 2.73. The zero-order valence-corrected chi connectivity index (χ0v) is 20.5. The highest BCUT2D eigenvalue weighted by Gasteiger charge is 1.96. The number of aryl methyl sites for hydroxylation is 1. The summed E-state index contributed by atoms with van der Waals surface area (Å²) in [4.78, 5) is 1.07. The highest BCUT2D eigenvalue weighted by Crippen LogP contribution is 2.16. The van der Waals surface area contributed by atoms with Crippen molar-refractivity contribution in [3.8, 4) is 0 Å². The number of rotatable bonds is 21. The highest BCUT2D eigenvalue weighted by molar-refractivity contribution is 7.80. The molecular weight excluding hydrogens is 368 g/mol. The van der Waals surface area contributed by atoms with Gasteiger partial charge in [-0.1, -0.05) is 141 Å². The third-order valence-corrected chi connectivity index (χ3v) is 6.55. The highest BCUT2D eigenvalue weighted by atomic mass is 32.1. The first kappa shape index (κ1) is 26.6. The molecule has 0 bridgehead atoms. The van der Waals surface area contributed by atoms with Crippen LogP contribution in [0.1, 0.15) is 141 Å². The molecule has 0 heterocycles. The molecule has 0 saturated heterocycles. The fourth-order valence-corrected chi connectivity index (χ4v) is 4.40. The van der Waals surface area contributed by atoms with E-state index in [0.717, 1.165) is 4.90 Å². The quantitative estimate of drug-likeness (QED) is 0.149. The van der Waals surface area contributed by atoms with Crippen molar-refractivity contribution in [3.63, 3.8) is 0 Å². The molecular formula is C28H50S. The normalized spacial score (nSPS) is 11.2. The minimum Gasteiger partial charge on any atom is -0.143 e.